The van der Waals surface area contributed by atoms with E-state index in [2.05, 4.69) is 26.2 Å². The molecule has 0 aliphatic heterocycles. The Morgan fingerprint density at radius 3 is 2.74 bits per heavy atom. The standard InChI is InChI=1S/C17H14BrN3O2/c18-16-8-4-5-14(21-16)11-13(12-19)17(22)20-9-10-23-15-6-2-1-3-7-15/h1-8,11H,9-10H2,(H,20,22). The zero-order chi connectivity index (χ0) is 16.5. The molecule has 1 N–H and O–H groups in total. The molecule has 1 amide bonds. The summed E-state index contributed by atoms with van der Waals surface area (Å²) in [7, 11) is 0. The van der Waals surface area contributed by atoms with Gasteiger partial charge in [-0.05, 0) is 46.3 Å². The van der Waals surface area contributed by atoms with Crippen LogP contribution in [0.2, 0.25) is 0 Å². The van der Waals surface area contributed by atoms with Crippen LogP contribution in [0.3, 0.4) is 0 Å². The van der Waals surface area contributed by atoms with E-state index in [1.807, 2.05) is 36.4 Å². The van der Waals surface area contributed by atoms with Gasteiger partial charge in [0.25, 0.3) is 5.91 Å². The number of carbonyl (C=O) groups is 1. The molecule has 0 fully saturated rings. The first-order valence-corrected chi connectivity index (χ1v) is 7.69. The van der Waals surface area contributed by atoms with Crippen LogP contribution in [-0.4, -0.2) is 24.0 Å². The lowest BCUT2D eigenvalue weighted by atomic mass is 10.2. The van der Waals surface area contributed by atoms with Gasteiger partial charge in [-0.2, -0.15) is 5.26 Å². The molecule has 0 unspecified atom stereocenters. The maximum atomic E-state index is 12.0. The lowest BCUT2D eigenvalue weighted by molar-refractivity contribution is -0.117. The summed E-state index contributed by atoms with van der Waals surface area (Å²) in [5.74, 6) is 0.280. The highest BCUT2D eigenvalue weighted by Gasteiger charge is 2.08. The fourth-order valence-electron chi connectivity index (χ4n) is 1.75. The minimum Gasteiger partial charge on any atom is -0.492 e. The van der Waals surface area contributed by atoms with Crippen LogP contribution in [0.4, 0.5) is 0 Å². The van der Waals surface area contributed by atoms with E-state index in [0.717, 1.165) is 5.75 Å². The van der Waals surface area contributed by atoms with Gasteiger partial charge in [0.05, 0.1) is 12.2 Å². The van der Waals surface area contributed by atoms with Crippen molar-refractivity contribution in [1.82, 2.24) is 10.3 Å². The average Bonchev–Trinajstić information content (AvgIpc) is 2.57. The first kappa shape index (κ1) is 16.7. The molecule has 6 heteroatoms. The lowest BCUT2D eigenvalue weighted by Gasteiger charge is -2.07. The summed E-state index contributed by atoms with van der Waals surface area (Å²) in [6.07, 6.45) is 1.44. The van der Waals surface area contributed by atoms with Crippen molar-refractivity contribution < 1.29 is 9.53 Å². The van der Waals surface area contributed by atoms with Gasteiger partial charge < -0.3 is 10.1 Å². The van der Waals surface area contributed by atoms with E-state index < -0.39 is 5.91 Å². The summed E-state index contributed by atoms with van der Waals surface area (Å²) < 4.78 is 6.11. The maximum Gasteiger partial charge on any atom is 0.262 e. The number of pyridine rings is 1. The van der Waals surface area contributed by atoms with Crippen LogP contribution in [0, 0.1) is 11.3 Å². The molecule has 2 rings (SSSR count). The van der Waals surface area contributed by atoms with E-state index >= 15 is 0 Å². The first-order chi connectivity index (χ1) is 11.2. The van der Waals surface area contributed by atoms with Gasteiger partial charge in [-0.25, -0.2) is 4.98 Å². The number of rotatable bonds is 6. The largest absolute Gasteiger partial charge is 0.492 e. The molecule has 2 aromatic rings. The second-order valence-electron chi connectivity index (χ2n) is 4.47. The van der Waals surface area contributed by atoms with Crippen molar-refractivity contribution in [2.24, 2.45) is 0 Å². The lowest BCUT2D eigenvalue weighted by Crippen LogP contribution is -2.29. The van der Waals surface area contributed by atoms with Crippen molar-refractivity contribution in [3.63, 3.8) is 0 Å². The molecule has 1 heterocycles. The Hall–Kier alpha value is -2.65. The second kappa shape index (κ2) is 8.71. The quantitative estimate of drug-likeness (QED) is 0.366. The molecule has 23 heavy (non-hydrogen) atoms. The Labute approximate surface area is 142 Å². The number of para-hydroxylation sites is 1. The van der Waals surface area contributed by atoms with Crippen LogP contribution < -0.4 is 10.1 Å². The number of ether oxygens (including phenoxy) is 1. The van der Waals surface area contributed by atoms with Crippen molar-refractivity contribution >= 4 is 27.9 Å². The molecule has 0 aliphatic carbocycles. The molecule has 0 bridgehead atoms. The minimum absolute atomic E-state index is 0.00434. The third-order valence-corrected chi connectivity index (χ3v) is 3.24. The van der Waals surface area contributed by atoms with Crippen molar-refractivity contribution in [1.29, 1.82) is 5.26 Å². The van der Waals surface area contributed by atoms with Crippen LogP contribution in [0.1, 0.15) is 5.69 Å². The van der Waals surface area contributed by atoms with Gasteiger partial charge in [0.1, 0.15) is 28.6 Å². The molecule has 1 aromatic carbocycles. The van der Waals surface area contributed by atoms with Gasteiger partial charge in [-0.3, -0.25) is 4.79 Å². The van der Waals surface area contributed by atoms with E-state index in [9.17, 15) is 4.79 Å². The maximum absolute atomic E-state index is 12.0. The highest BCUT2D eigenvalue weighted by atomic mass is 79.9. The fourth-order valence-corrected chi connectivity index (χ4v) is 2.10. The number of halogens is 1. The number of benzene rings is 1. The number of hydrogen-bond acceptors (Lipinski definition) is 4. The highest BCUT2D eigenvalue weighted by molar-refractivity contribution is 9.10. The van der Waals surface area contributed by atoms with E-state index in [-0.39, 0.29) is 5.57 Å². The molecular weight excluding hydrogens is 358 g/mol. The number of nitrogens with one attached hydrogen (secondary N) is 1. The molecule has 0 aliphatic rings. The minimum atomic E-state index is -0.453. The zero-order valence-electron chi connectivity index (χ0n) is 12.2. The number of nitrogens with zero attached hydrogens (tertiary/aromatic N) is 2. The molecule has 5 nitrogen and oxygen atoms in total. The third kappa shape index (κ3) is 5.57. The van der Waals surface area contributed by atoms with Gasteiger partial charge in [-0.15, -0.1) is 0 Å². The summed E-state index contributed by atoms with van der Waals surface area (Å²) in [4.78, 5) is 16.1. The highest BCUT2D eigenvalue weighted by Crippen LogP contribution is 2.10. The van der Waals surface area contributed by atoms with Crippen molar-refractivity contribution in [2.75, 3.05) is 13.2 Å². The van der Waals surface area contributed by atoms with Crippen molar-refractivity contribution in [3.8, 4) is 11.8 Å². The number of carbonyl (C=O) groups excluding carboxylic acids is 1. The van der Waals surface area contributed by atoms with Gasteiger partial charge in [0.15, 0.2) is 0 Å². The Balaban J connectivity index is 1.87. The molecule has 0 saturated heterocycles. The molecule has 116 valence electrons. The summed E-state index contributed by atoms with van der Waals surface area (Å²) in [5, 5.41) is 11.8. The first-order valence-electron chi connectivity index (χ1n) is 6.89. The molecule has 0 atom stereocenters. The monoisotopic (exact) mass is 371 g/mol. The number of amides is 1. The fraction of sp³-hybridized carbons (Fsp3) is 0.118. The van der Waals surface area contributed by atoms with Crippen LogP contribution in [0.15, 0.2) is 58.7 Å². The predicted octanol–water partition coefficient (Wildman–Crippen LogP) is 2.95. The number of hydrogen-bond donors (Lipinski definition) is 1. The van der Waals surface area contributed by atoms with E-state index in [1.165, 1.54) is 6.08 Å². The molecule has 0 saturated carbocycles. The van der Waals surface area contributed by atoms with Crippen molar-refractivity contribution in [2.45, 2.75) is 0 Å². The van der Waals surface area contributed by atoms with Crippen LogP contribution in [0.25, 0.3) is 6.08 Å². The van der Waals surface area contributed by atoms with Crippen LogP contribution in [0.5, 0.6) is 5.75 Å². The normalized spacial score (nSPS) is 10.7. The average molecular weight is 372 g/mol. The SMILES string of the molecule is N#CC(=Cc1cccc(Br)n1)C(=O)NCCOc1ccccc1. The smallest absolute Gasteiger partial charge is 0.262 e. The van der Waals surface area contributed by atoms with Crippen LogP contribution in [-0.2, 0) is 4.79 Å². The number of nitriles is 1. The van der Waals surface area contributed by atoms with Crippen LogP contribution >= 0.6 is 15.9 Å². The van der Waals surface area contributed by atoms with Gasteiger partial charge in [0.2, 0.25) is 0 Å². The molecule has 1 aromatic heterocycles. The van der Waals surface area contributed by atoms with Gasteiger partial charge in [-0.1, -0.05) is 24.3 Å². The summed E-state index contributed by atoms with van der Waals surface area (Å²) >= 11 is 3.24. The Bertz CT molecular complexity index is 739. The summed E-state index contributed by atoms with van der Waals surface area (Å²) in [6.45, 7) is 0.627. The van der Waals surface area contributed by atoms with E-state index in [0.29, 0.717) is 23.4 Å². The Kier molecular flexibility index (Phi) is 6.33. The topological polar surface area (TPSA) is 75.0 Å². The molecular formula is C17H14BrN3O2. The number of aromatic nitrogens is 1. The van der Waals surface area contributed by atoms with Crippen molar-refractivity contribution in [3.05, 3.63) is 64.4 Å². The zero-order valence-corrected chi connectivity index (χ0v) is 13.8. The second-order valence-corrected chi connectivity index (χ2v) is 5.28. The third-order valence-electron chi connectivity index (χ3n) is 2.79. The Morgan fingerprint density at radius 2 is 2.04 bits per heavy atom. The molecule has 0 radical (unpaired) electrons. The summed E-state index contributed by atoms with van der Waals surface area (Å²) in [6, 6.07) is 16.5. The predicted molar refractivity (Wildman–Crippen MR) is 90.5 cm³/mol. The van der Waals surface area contributed by atoms with Gasteiger partial charge >= 0.3 is 0 Å². The van der Waals surface area contributed by atoms with E-state index in [1.54, 1.807) is 18.2 Å². The molecule has 0 spiro atoms. The summed E-state index contributed by atoms with van der Waals surface area (Å²) in [5.41, 5.74) is 0.530. The van der Waals surface area contributed by atoms with Gasteiger partial charge in [0, 0.05) is 0 Å². The Morgan fingerprint density at radius 1 is 1.26 bits per heavy atom. The van der Waals surface area contributed by atoms with E-state index in [4.69, 9.17) is 10.00 Å².